The van der Waals surface area contributed by atoms with Gasteiger partial charge in [-0.3, -0.25) is 14.4 Å². The zero-order chi connectivity index (χ0) is 22.4. The van der Waals surface area contributed by atoms with E-state index in [9.17, 15) is 19.5 Å². The van der Waals surface area contributed by atoms with Gasteiger partial charge in [0.25, 0.3) is 0 Å². The van der Waals surface area contributed by atoms with Gasteiger partial charge in [-0.2, -0.15) is 0 Å². The number of ether oxygens (including phenoxy) is 1. The molecule has 1 rings (SSSR count). The fraction of sp³-hybridized carbons (Fsp3) is 0.609. The summed E-state index contributed by atoms with van der Waals surface area (Å²) in [5.41, 5.74) is 1.13. The summed E-state index contributed by atoms with van der Waals surface area (Å²) in [5.74, 6) is -2.92. The lowest BCUT2D eigenvalue weighted by molar-refractivity contribution is -0.148. The summed E-state index contributed by atoms with van der Waals surface area (Å²) in [7, 11) is 0. The minimum Gasteiger partial charge on any atom is -0.494 e. The van der Waals surface area contributed by atoms with E-state index in [1.165, 1.54) is 0 Å². The van der Waals surface area contributed by atoms with E-state index in [-0.39, 0.29) is 18.8 Å². The van der Waals surface area contributed by atoms with E-state index < -0.39 is 23.8 Å². The molecule has 0 aliphatic heterocycles. The monoisotopic (exact) mass is 422 g/mol. The summed E-state index contributed by atoms with van der Waals surface area (Å²) in [6.07, 6.45) is 5.77. The Labute approximate surface area is 178 Å². The Morgan fingerprint density at radius 3 is 2.13 bits per heavy atom. The van der Waals surface area contributed by atoms with Crippen LogP contribution < -0.4 is 4.74 Å². The minimum atomic E-state index is -1.10. The van der Waals surface area contributed by atoms with Crippen molar-refractivity contribution >= 4 is 17.9 Å². The maximum absolute atomic E-state index is 11.5. The van der Waals surface area contributed by atoms with E-state index in [2.05, 4.69) is 0 Å². The molecule has 0 aliphatic rings. The molecule has 1 aromatic rings. The molecule has 0 bridgehead atoms. The second kappa shape index (κ2) is 14.4. The first-order valence-electron chi connectivity index (χ1n) is 10.7. The van der Waals surface area contributed by atoms with Gasteiger partial charge in [-0.1, -0.05) is 37.8 Å². The molecule has 0 saturated carbocycles. The summed E-state index contributed by atoms with van der Waals surface area (Å²) in [5, 5.41) is 27.1. The average Bonchev–Trinajstić information content (AvgIpc) is 2.68. The van der Waals surface area contributed by atoms with Crippen molar-refractivity contribution in [3.8, 4) is 5.75 Å². The Hall–Kier alpha value is -2.57. The van der Waals surface area contributed by atoms with Crippen molar-refractivity contribution in [3.63, 3.8) is 0 Å². The van der Waals surface area contributed by atoms with Crippen molar-refractivity contribution in [3.05, 3.63) is 29.8 Å². The molecular weight excluding hydrogens is 388 g/mol. The van der Waals surface area contributed by atoms with Gasteiger partial charge in [0.2, 0.25) is 0 Å². The van der Waals surface area contributed by atoms with Crippen molar-refractivity contribution in [1.29, 1.82) is 0 Å². The van der Waals surface area contributed by atoms with Crippen molar-refractivity contribution in [2.75, 3.05) is 6.61 Å². The molecule has 0 amide bonds. The molecule has 3 N–H and O–H groups in total. The highest BCUT2D eigenvalue weighted by atomic mass is 16.5. The highest BCUT2D eigenvalue weighted by Crippen LogP contribution is 2.27. The van der Waals surface area contributed by atoms with Gasteiger partial charge in [0.1, 0.15) is 5.75 Å². The molecule has 0 radical (unpaired) electrons. The smallest absolute Gasteiger partial charge is 0.307 e. The number of aliphatic carboxylic acids is 3. The Bertz CT molecular complexity index is 654. The zero-order valence-electron chi connectivity index (χ0n) is 17.7. The van der Waals surface area contributed by atoms with Gasteiger partial charge in [-0.15, -0.1) is 0 Å². The first-order chi connectivity index (χ1) is 14.3. The third kappa shape index (κ3) is 11.4. The lowest BCUT2D eigenvalue weighted by Gasteiger charge is -2.20. The maximum Gasteiger partial charge on any atom is 0.307 e. The number of hydrogen-bond donors (Lipinski definition) is 3. The van der Waals surface area contributed by atoms with Crippen LogP contribution in [0, 0.1) is 11.8 Å². The van der Waals surface area contributed by atoms with Crippen LogP contribution in [0.5, 0.6) is 5.75 Å². The number of aryl methyl sites for hydroxylation is 1. The average molecular weight is 423 g/mol. The largest absolute Gasteiger partial charge is 0.494 e. The fourth-order valence-corrected chi connectivity index (χ4v) is 3.62. The number of carbonyl (C=O) groups is 3. The predicted octanol–water partition coefficient (Wildman–Crippen LogP) is 4.62. The summed E-state index contributed by atoms with van der Waals surface area (Å²) in [4.78, 5) is 33.1. The van der Waals surface area contributed by atoms with Gasteiger partial charge >= 0.3 is 17.9 Å². The van der Waals surface area contributed by atoms with Crippen LogP contribution in [0.1, 0.15) is 70.3 Å². The molecule has 0 aromatic heterocycles. The standard InChI is InChI=1S/C23H34O7/c1-2-30-20-13-11-17(12-14-20)9-10-18(7-5-3-4-6-8-21(24)25)15-19(23(28)29)16-22(26)27/h11-14,18-19H,2-10,15-16H2,1H3,(H,24,25)(H,26,27)(H,28,29). The summed E-state index contributed by atoms with van der Waals surface area (Å²) >= 11 is 0. The van der Waals surface area contributed by atoms with E-state index in [1.807, 2.05) is 31.2 Å². The molecule has 30 heavy (non-hydrogen) atoms. The minimum absolute atomic E-state index is 0.108. The number of carboxylic acids is 3. The van der Waals surface area contributed by atoms with Crippen LogP contribution in [-0.4, -0.2) is 39.8 Å². The first kappa shape index (κ1) is 25.5. The quantitative estimate of drug-likeness (QED) is 0.313. The van der Waals surface area contributed by atoms with Gasteiger partial charge in [0, 0.05) is 6.42 Å². The Kier molecular flexibility index (Phi) is 12.2. The number of benzene rings is 1. The summed E-state index contributed by atoms with van der Waals surface area (Å²) < 4.78 is 5.44. The number of carboxylic acid groups (broad SMARTS) is 3. The lowest BCUT2D eigenvalue weighted by atomic mass is 9.84. The van der Waals surface area contributed by atoms with Crippen LogP contribution in [0.25, 0.3) is 0 Å². The van der Waals surface area contributed by atoms with Gasteiger partial charge in [0.05, 0.1) is 18.9 Å². The third-order valence-corrected chi connectivity index (χ3v) is 5.22. The van der Waals surface area contributed by atoms with Crippen molar-refractivity contribution < 1.29 is 34.4 Å². The number of hydrogen-bond acceptors (Lipinski definition) is 4. The molecule has 168 valence electrons. The normalized spacial score (nSPS) is 12.8. The third-order valence-electron chi connectivity index (χ3n) is 5.22. The van der Waals surface area contributed by atoms with Gasteiger partial charge in [-0.05, 0) is 56.2 Å². The molecule has 0 aliphatic carbocycles. The van der Waals surface area contributed by atoms with Gasteiger partial charge in [0.15, 0.2) is 0 Å². The van der Waals surface area contributed by atoms with Crippen LogP contribution >= 0.6 is 0 Å². The number of unbranched alkanes of at least 4 members (excludes halogenated alkanes) is 3. The molecule has 0 saturated heterocycles. The molecule has 2 unspecified atom stereocenters. The molecule has 2 atom stereocenters. The van der Waals surface area contributed by atoms with Crippen LogP contribution in [0.4, 0.5) is 0 Å². The highest BCUT2D eigenvalue weighted by molar-refractivity contribution is 5.77. The first-order valence-corrected chi connectivity index (χ1v) is 10.7. The molecule has 0 fully saturated rings. The van der Waals surface area contributed by atoms with Gasteiger partial charge < -0.3 is 20.1 Å². The molecule has 7 heteroatoms. The second-order valence-corrected chi connectivity index (χ2v) is 7.70. The van der Waals surface area contributed by atoms with Crippen molar-refractivity contribution in [2.45, 2.75) is 71.1 Å². The Balaban J connectivity index is 2.62. The van der Waals surface area contributed by atoms with E-state index >= 15 is 0 Å². The van der Waals surface area contributed by atoms with Crippen LogP contribution in [0.15, 0.2) is 24.3 Å². The SMILES string of the molecule is CCOc1ccc(CCC(CCCCCCC(=O)O)CC(CC(=O)O)C(=O)O)cc1. The van der Waals surface area contributed by atoms with E-state index in [1.54, 1.807) is 0 Å². The van der Waals surface area contributed by atoms with E-state index in [0.29, 0.717) is 19.4 Å². The molecule has 0 heterocycles. The van der Waals surface area contributed by atoms with Crippen LogP contribution in [-0.2, 0) is 20.8 Å². The lowest BCUT2D eigenvalue weighted by Crippen LogP contribution is -2.21. The van der Waals surface area contributed by atoms with Crippen LogP contribution in [0.2, 0.25) is 0 Å². The van der Waals surface area contributed by atoms with Crippen LogP contribution in [0.3, 0.4) is 0 Å². The Morgan fingerprint density at radius 1 is 0.900 bits per heavy atom. The van der Waals surface area contributed by atoms with Crippen molar-refractivity contribution in [2.24, 2.45) is 11.8 Å². The molecule has 0 spiro atoms. The van der Waals surface area contributed by atoms with E-state index in [0.717, 1.165) is 49.8 Å². The Morgan fingerprint density at radius 2 is 1.57 bits per heavy atom. The highest BCUT2D eigenvalue weighted by Gasteiger charge is 2.25. The maximum atomic E-state index is 11.5. The summed E-state index contributed by atoms with van der Waals surface area (Å²) in [6.45, 7) is 2.53. The fourth-order valence-electron chi connectivity index (χ4n) is 3.62. The second-order valence-electron chi connectivity index (χ2n) is 7.70. The predicted molar refractivity (Wildman–Crippen MR) is 113 cm³/mol. The van der Waals surface area contributed by atoms with E-state index in [4.69, 9.17) is 14.9 Å². The van der Waals surface area contributed by atoms with Crippen molar-refractivity contribution in [1.82, 2.24) is 0 Å². The van der Waals surface area contributed by atoms with Gasteiger partial charge in [-0.25, -0.2) is 0 Å². The number of rotatable bonds is 17. The molecule has 7 nitrogen and oxygen atoms in total. The topological polar surface area (TPSA) is 121 Å². The molecule has 1 aromatic carbocycles. The zero-order valence-corrected chi connectivity index (χ0v) is 17.7. The molecular formula is C23H34O7. The summed E-state index contributed by atoms with van der Waals surface area (Å²) in [6, 6.07) is 7.83.